The summed E-state index contributed by atoms with van der Waals surface area (Å²) in [4.78, 5) is 14.0. The molecule has 0 radical (unpaired) electrons. The Balaban J connectivity index is 1.66. The van der Waals surface area contributed by atoms with Gasteiger partial charge in [-0.1, -0.05) is 13.0 Å². The highest BCUT2D eigenvalue weighted by atomic mass is 19.4. The first-order chi connectivity index (χ1) is 14.2. The third-order valence-corrected chi connectivity index (χ3v) is 5.39. The van der Waals surface area contributed by atoms with Crippen LogP contribution in [0, 0.1) is 5.82 Å². The molecule has 1 aromatic heterocycles. The molecule has 0 saturated heterocycles. The van der Waals surface area contributed by atoms with Crippen LogP contribution >= 0.6 is 0 Å². The van der Waals surface area contributed by atoms with Gasteiger partial charge in [-0.05, 0) is 47.4 Å². The van der Waals surface area contributed by atoms with Crippen molar-refractivity contribution in [1.29, 1.82) is 0 Å². The van der Waals surface area contributed by atoms with E-state index in [-0.39, 0.29) is 23.6 Å². The summed E-state index contributed by atoms with van der Waals surface area (Å²) in [5, 5.41) is 7.81. The van der Waals surface area contributed by atoms with Crippen LogP contribution in [0.15, 0.2) is 42.7 Å². The van der Waals surface area contributed by atoms with E-state index in [1.807, 2.05) is 6.92 Å². The number of aryl methyl sites for hydroxylation is 1. The lowest BCUT2D eigenvalue weighted by atomic mass is 9.96. The third-order valence-electron chi connectivity index (χ3n) is 5.39. The van der Waals surface area contributed by atoms with Gasteiger partial charge in [0.15, 0.2) is 0 Å². The van der Waals surface area contributed by atoms with Crippen LogP contribution < -0.4 is 4.90 Å². The van der Waals surface area contributed by atoms with E-state index in [2.05, 4.69) is 10.2 Å². The van der Waals surface area contributed by atoms with Crippen molar-refractivity contribution in [2.24, 2.45) is 7.05 Å². The van der Waals surface area contributed by atoms with Gasteiger partial charge in [-0.2, -0.15) is 13.2 Å². The van der Waals surface area contributed by atoms with Crippen LogP contribution in [-0.2, 0) is 26.2 Å². The minimum Gasteiger partial charge on any atom is -0.321 e. The number of rotatable bonds is 4. The average Bonchev–Trinajstić information content (AvgIpc) is 3.24. The van der Waals surface area contributed by atoms with Crippen LogP contribution in [0.1, 0.15) is 45.7 Å². The number of hydrogen-bond acceptors (Lipinski definition) is 3. The number of aromatic nitrogens is 3. The topological polar surface area (TPSA) is 51.0 Å². The molecule has 0 saturated carbocycles. The normalized spacial score (nSPS) is 14.9. The number of carbonyl (C=O) groups is 1. The van der Waals surface area contributed by atoms with Crippen molar-refractivity contribution in [2.75, 3.05) is 4.90 Å². The fourth-order valence-corrected chi connectivity index (χ4v) is 3.76. The number of hydrogen-bond donors (Lipinski definition) is 0. The van der Waals surface area contributed by atoms with Gasteiger partial charge >= 0.3 is 6.18 Å². The standard InChI is InChI=1S/C21H18F4N4O/c1-12(8-19-27-26-11-28(19)2)15-9-13(6-7-18(15)22)29-10-16-14(20(29)30)4-3-5-17(16)21(23,24)25/h3-7,9,11-12H,8,10H2,1-2H3/t12-/m1/s1. The number of nitrogens with zero attached hydrogens (tertiary/aromatic N) is 4. The molecule has 1 aliphatic heterocycles. The Morgan fingerprint density at radius 2 is 1.97 bits per heavy atom. The van der Waals surface area contributed by atoms with Crippen molar-refractivity contribution in [3.63, 3.8) is 0 Å². The summed E-state index contributed by atoms with van der Waals surface area (Å²) in [6.45, 7) is 1.60. The Kier molecular flexibility index (Phi) is 4.83. The third kappa shape index (κ3) is 3.44. The minimum absolute atomic E-state index is 0.0165. The van der Waals surface area contributed by atoms with Crippen LogP contribution in [0.2, 0.25) is 0 Å². The van der Waals surface area contributed by atoms with Crippen LogP contribution in [0.4, 0.5) is 23.2 Å². The molecule has 3 aromatic rings. The van der Waals surface area contributed by atoms with E-state index in [0.717, 1.165) is 6.07 Å². The first-order valence-electron chi connectivity index (χ1n) is 9.30. The van der Waals surface area contributed by atoms with Gasteiger partial charge in [-0.25, -0.2) is 4.39 Å². The molecule has 1 atom stereocenters. The molecule has 156 valence electrons. The number of carbonyl (C=O) groups excluding carboxylic acids is 1. The molecule has 0 bridgehead atoms. The maximum Gasteiger partial charge on any atom is 0.416 e. The minimum atomic E-state index is -4.56. The summed E-state index contributed by atoms with van der Waals surface area (Å²) in [6, 6.07) is 7.74. The molecule has 0 fully saturated rings. The largest absolute Gasteiger partial charge is 0.416 e. The number of halogens is 4. The predicted octanol–water partition coefficient (Wildman–Crippen LogP) is 4.48. The van der Waals surface area contributed by atoms with E-state index in [1.54, 1.807) is 17.9 Å². The zero-order chi connectivity index (χ0) is 21.6. The van der Waals surface area contributed by atoms with Gasteiger partial charge in [0.25, 0.3) is 5.91 Å². The summed E-state index contributed by atoms with van der Waals surface area (Å²) in [5.41, 5.74) is -0.162. The molecule has 0 spiro atoms. The van der Waals surface area contributed by atoms with Gasteiger partial charge in [-0.15, -0.1) is 10.2 Å². The highest BCUT2D eigenvalue weighted by molar-refractivity contribution is 6.10. The first kappa shape index (κ1) is 20.1. The van der Waals surface area contributed by atoms with Gasteiger partial charge in [0.2, 0.25) is 0 Å². The quantitative estimate of drug-likeness (QED) is 0.587. The number of benzene rings is 2. The molecule has 4 rings (SSSR count). The lowest BCUT2D eigenvalue weighted by molar-refractivity contribution is -0.138. The highest BCUT2D eigenvalue weighted by Crippen LogP contribution is 2.39. The second kappa shape index (κ2) is 7.23. The SMILES string of the molecule is C[C@H](Cc1nncn1C)c1cc(N2Cc3c(cccc3C(F)(F)F)C2=O)ccc1F. The molecule has 5 nitrogen and oxygen atoms in total. The summed E-state index contributed by atoms with van der Waals surface area (Å²) in [7, 11) is 1.78. The second-order valence-electron chi connectivity index (χ2n) is 7.39. The smallest absolute Gasteiger partial charge is 0.321 e. The van der Waals surface area contributed by atoms with Crippen LogP contribution in [0.3, 0.4) is 0 Å². The fraction of sp³-hybridized carbons (Fsp3) is 0.286. The Labute approximate surface area is 170 Å². The lowest BCUT2D eigenvalue weighted by Crippen LogP contribution is -2.23. The molecular weight excluding hydrogens is 400 g/mol. The van der Waals surface area contributed by atoms with Crippen molar-refractivity contribution < 1.29 is 22.4 Å². The molecule has 30 heavy (non-hydrogen) atoms. The van der Waals surface area contributed by atoms with Crippen LogP contribution in [0.25, 0.3) is 0 Å². The lowest BCUT2D eigenvalue weighted by Gasteiger charge is -2.20. The summed E-state index contributed by atoms with van der Waals surface area (Å²) >= 11 is 0. The van der Waals surface area contributed by atoms with Crippen molar-refractivity contribution in [2.45, 2.75) is 32.0 Å². The monoisotopic (exact) mass is 418 g/mol. The molecule has 0 N–H and O–H groups in total. The van der Waals surface area contributed by atoms with E-state index >= 15 is 0 Å². The number of alkyl halides is 3. The summed E-state index contributed by atoms with van der Waals surface area (Å²) in [6.07, 6.45) is -2.59. The zero-order valence-electron chi connectivity index (χ0n) is 16.2. The van der Waals surface area contributed by atoms with Gasteiger partial charge in [0.05, 0.1) is 12.1 Å². The summed E-state index contributed by atoms with van der Waals surface area (Å²) in [5.74, 6) is -0.589. The molecule has 2 aromatic carbocycles. The Bertz CT molecular complexity index is 1120. The van der Waals surface area contributed by atoms with Crippen LogP contribution in [0.5, 0.6) is 0 Å². The van der Waals surface area contributed by atoms with E-state index in [1.165, 1.54) is 35.2 Å². The molecule has 1 amide bonds. The molecule has 0 unspecified atom stereocenters. The average molecular weight is 418 g/mol. The second-order valence-corrected chi connectivity index (χ2v) is 7.39. The highest BCUT2D eigenvalue weighted by Gasteiger charge is 2.39. The van der Waals surface area contributed by atoms with Gasteiger partial charge in [0.1, 0.15) is 18.0 Å². The van der Waals surface area contributed by atoms with Crippen molar-refractivity contribution in [3.05, 3.63) is 76.6 Å². The van der Waals surface area contributed by atoms with E-state index in [0.29, 0.717) is 23.5 Å². The van der Waals surface area contributed by atoms with E-state index < -0.39 is 23.5 Å². The Morgan fingerprint density at radius 1 is 1.20 bits per heavy atom. The maximum absolute atomic E-state index is 14.5. The number of anilines is 1. The Morgan fingerprint density at radius 3 is 2.63 bits per heavy atom. The summed E-state index contributed by atoms with van der Waals surface area (Å²) < 4.78 is 56.3. The van der Waals surface area contributed by atoms with E-state index in [4.69, 9.17) is 0 Å². The van der Waals surface area contributed by atoms with E-state index in [9.17, 15) is 22.4 Å². The predicted molar refractivity (Wildman–Crippen MR) is 101 cm³/mol. The van der Waals surface area contributed by atoms with Crippen molar-refractivity contribution in [1.82, 2.24) is 14.8 Å². The zero-order valence-corrected chi connectivity index (χ0v) is 16.2. The molecule has 9 heteroatoms. The molecule has 1 aliphatic rings. The number of fused-ring (bicyclic) bond motifs is 1. The van der Waals surface area contributed by atoms with Gasteiger partial charge < -0.3 is 9.47 Å². The van der Waals surface area contributed by atoms with Gasteiger partial charge in [-0.3, -0.25) is 4.79 Å². The van der Waals surface area contributed by atoms with Gasteiger partial charge in [0, 0.05) is 24.7 Å². The van der Waals surface area contributed by atoms with Crippen LogP contribution in [-0.4, -0.2) is 20.7 Å². The first-order valence-corrected chi connectivity index (χ1v) is 9.30. The maximum atomic E-state index is 14.5. The fourth-order valence-electron chi connectivity index (χ4n) is 3.76. The molecule has 2 heterocycles. The van der Waals surface area contributed by atoms with Crippen molar-refractivity contribution >= 4 is 11.6 Å². The Hall–Kier alpha value is -3.23. The number of amides is 1. The van der Waals surface area contributed by atoms with Crippen molar-refractivity contribution in [3.8, 4) is 0 Å². The molecular formula is C21H18F4N4O. The molecule has 0 aliphatic carbocycles.